The lowest BCUT2D eigenvalue weighted by atomic mass is 9.99. The SMILES string of the molecule is Brc1ccccc1-c1ccc(N(c2ccccc2)c2ccc3c4c5sc6ccccc6c5c5ccccc5c4n(-c4ccccc4)c3c2)cc1. The Labute approximate surface area is 302 Å². The Hall–Kier alpha value is -5.68. The molecular formula is C46H29BrN2S. The number of anilines is 3. The molecule has 0 unspecified atom stereocenters. The van der Waals surface area contributed by atoms with E-state index in [2.05, 4.69) is 201 Å². The number of thiophene rings is 1. The van der Waals surface area contributed by atoms with Crippen LogP contribution in [0.15, 0.2) is 180 Å². The van der Waals surface area contributed by atoms with E-state index in [9.17, 15) is 0 Å². The minimum atomic E-state index is 1.09. The summed E-state index contributed by atoms with van der Waals surface area (Å²) in [6.07, 6.45) is 0. The highest BCUT2D eigenvalue weighted by Gasteiger charge is 2.23. The van der Waals surface area contributed by atoms with Gasteiger partial charge in [-0.3, -0.25) is 0 Å². The van der Waals surface area contributed by atoms with E-state index in [1.54, 1.807) is 0 Å². The van der Waals surface area contributed by atoms with Crippen LogP contribution < -0.4 is 4.90 Å². The highest BCUT2D eigenvalue weighted by Crippen LogP contribution is 2.49. The fraction of sp³-hybridized carbons (Fsp3) is 0. The zero-order chi connectivity index (χ0) is 33.2. The van der Waals surface area contributed by atoms with Crippen LogP contribution in [-0.4, -0.2) is 4.57 Å². The van der Waals surface area contributed by atoms with Crippen molar-refractivity contribution in [3.05, 3.63) is 180 Å². The molecule has 0 amide bonds. The fourth-order valence-corrected chi connectivity index (χ4v) is 9.44. The number of aromatic nitrogens is 1. The summed E-state index contributed by atoms with van der Waals surface area (Å²) >= 11 is 5.65. The monoisotopic (exact) mass is 720 g/mol. The topological polar surface area (TPSA) is 8.17 Å². The Morgan fingerprint density at radius 1 is 0.480 bits per heavy atom. The molecule has 0 saturated heterocycles. The summed E-state index contributed by atoms with van der Waals surface area (Å²) in [4.78, 5) is 2.36. The summed E-state index contributed by atoms with van der Waals surface area (Å²) in [5, 5.41) is 7.80. The van der Waals surface area contributed by atoms with Gasteiger partial charge < -0.3 is 9.47 Å². The van der Waals surface area contributed by atoms with Crippen molar-refractivity contribution in [2.45, 2.75) is 0 Å². The highest BCUT2D eigenvalue weighted by atomic mass is 79.9. The number of para-hydroxylation sites is 2. The summed E-state index contributed by atoms with van der Waals surface area (Å²) in [6.45, 7) is 0. The normalized spacial score (nSPS) is 11.7. The van der Waals surface area contributed by atoms with Crippen molar-refractivity contribution in [2.24, 2.45) is 0 Å². The van der Waals surface area contributed by atoms with Crippen molar-refractivity contribution in [3.8, 4) is 16.8 Å². The van der Waals surface area contributed by atoms with E-state index in [0.717, 1.165) is 27.2 Å². The summed E-state index contributed by atoms with van der Waals surface area (Å²) < 4.78 is 6.24. The van der Waals surface area contributed by atoms with E-state index in [1.165, 1.54) is 63.9 Å². The zero-order valence-electron chi connectivity index (χ0n) is 26.9. The molecule has 0 bridgehead atoms. The van der Waals surface area contributed by atoms with Crippen LogP contribution in [0.25, 0.3) is 69.6 Å². The Balaban J connectivity index is 1.28. The lowest BCUT2D eigenvalue weighted by Gasteiger charge is -2.26. The number of fused-ring (bicyclic) bond motifs is 10. The summed E-state index contributed by atoms with van der Waals surface area (Å²) in [5.41, 5.74) is 9.26. The van der Waals surface area contributed by atoms with Crippen LogP contribution in [0.1, 0.15) is 0 Å². The van der Waals surface area contributed by atoms with Gasteiger partial charge in [-0.25, -0.2) is 0 Å². The Morgan fingerprint density at radius 3 is 1.88 bits per heavy atom. The molecule has 4 heteroatoms. The first-order valence-electron chi connectivity index (χ1n) is 16.8. The summed E-state index contributed by atoms with van der Waals surface area (Å²) in [6, 6.07) is 63.6. The van der Waals surface area contributed by atoms with Crippen molar-refractivity contribution < 1.29 is 0 Å². The van der Waals surface area contributed by atoms with Crippen molar-refractivity contribution in [1.29, 1.82) is 0 Å². The predicted octanol–water partition coefficient (Wildman–Crippen LogP) is 14.2. The first-order valence-corrected chi connectivity index (χ1v) is 18.4. The molecule has 236 valence electrons. The molecular weight excluding hydrogens is 692 g/mol. The van der Waals surface area contributed by atoms with E-state index in [-0.39, 0.29) is 0 Å². The van der Waals surface area contributed by atoms with Crippen LogP contribution in [0.5, 0.6) is 0 Å². The van der Waals surface area contributed by atoms with Gasteiger partial charge in [-0.05, 0) is 77.2 Å². The molecule has 8 aromatic carbocycles. The third kappa shape index (κ3) is 4.53. The van der Waals surface area contributed by atoms with Crippen LogP contribution in [-0.2, 0) is 0 Å². The Morgan fingerprint density at radius 2 is 1.10 bits per heavy atom. The quantitative estimate of drug-likeness (QED) is 0.172. The van der Waals surface area contributed by atoms with Crippen LogP contribution >= 0.6 is 27.3 Å². The third-order valence-corrected chi connectivity index (χ3v) is 11.7. The predicted molar refractivity (Wildman–Crippen MR) is 219 cm³/mol. The van der Waals surface area contributed by atoms with Gasteiger partial charge >= 0.3 is 0 Å². The van der Waals surface area contributed by atoms with Crippen molar-refractivity contribution >= 4 is 97.1 Å². The Bertz CT molecular complexity index is 2870. The van der Waals surface area contributed by atoms with Gasteiger partial charge in [-0.1, -0.05) is 131 Å². The second kappa shape index (κ2) is 11.7. The van der Waals surface area contributed by atoms with Gasteiger partial charge in [0.15, 0.2) is 0 Å². The fourth-order valence-electron chi connectivity index (χ4n) is 7.65. The molecule has 0 fully saturated rings. The van der Waals surface area contributed by atoms with E-state index >= 15 is 0 Å². The summed E-state index contributed by atoms with van der Waals surface area (Å²) in [7, 11) is 0. The number of halogens is 1. The standard InChI is InChI=1S/C46H29BrN2S/c47-40-21-11-9-17-35(40)30-23-25-33(26-24-30)48(31-13-3-1-4-14-31)34-27-28-38-41(29-34)49(32-15-5-2-6-16-32)45-37-19-8-7-18-36(37)43-39-20-10-12-22-42(39)50-46(43)44(38)45/h1-29H. The molecule has 0 radical (unpaired) electrons. The van der Waals surface area contributed by atoms with Gasteiger partial charge in [0, 0.05) is 63.6 Å². The molecule has 2 nitrogen and oxygen atoms in total. The molecule has 10 aromatic rings. The maximum Gasteiger partial charge on any atom is 0.0634 e. The van der Waals surface area contributed by atoms with Crippen LogP contribution in [0, 0.1) is 0 Å². The second-order valence-corrected chi connectivity index (χ2v) is 14.5. The molecule has 0 atom stereocenters. The molecule has 2 heterocycles. The number of hydrogen-bond acceptors (Lipinski definition) is 2. The van der Waals surface area contributed by atoms with E-state index < -0.39 is 0 Å². The van der Waals surface area contributed by atoms with Crippen molar-refractivity contribution in [3.63, 3.8) is 0 Å². The zero-order valence-corrected chi connectivity index (χ0v) is 29.3. The molecule has 0 spiro atoms. The number of nitrogens with zero attached hydrogens (tertiary/aromatic N) is 2. The number of benzene rings is 8. The first-order chi connectivity index (χ1) is 24.7. The van der Waals surface area contributed by atoms with Gasteiger partial charge in [0.2, 0.25) is 0 Å². The van der Waals surface area contributed by atoms with E-state index in [4.69, 9.17) is 0 Å². The average Bonchev–Trinajstić information content (AvgIpc) is 3.73. The molecule has 0 aliphatic heterocycles. The lowest BCUT2D eigenvalue weighted by Crippen LogP contribution is -2.10. The first kappa shape index (κ1) is 29.3. The van der Waals surface area contributed by atoms with Crippen molar-refractivity contribution in [1.82, 2.24) is 4.57 Å². The maximum absolute atomic E-state index is 3.75. The van der Waals surface area contributed by atoms with E-state index in [1.807, 2.05) is 11.3 Å². The van der Waals surface area contributed by atoms with Gasteiger partial charge in [0.05, 0.1) is 11.0 Å². The van der Waals surface area contributed by atoms with Gasteiger partial charge in [0.25, 0.3) is 0 Å². The van der Waals surface area contributed by atoms with E-state index in [0.29, 0.717) is 0 Å². The molecule has 0 N–H and O–H groups in total. The average molecular weight is 722 g/mol. The largest absolute Gasteiger partial charge is 0.310 e. The molecule has 50 heavy (non-hydrogen) atoms. The molecule has 0 aliphatic rings. The minimum absolute atomic E-state index is 1.09. The number of rotatable bonds is 5. The summed E-state index contributed by atoms with van der Waals surface area (Å²) in [5.74, 6) is 0. The maximum atomic E-state index is 3.75. The molecule has 2 aromatic heterocycles. The molecule has 10 rings (SSSR count). The third-order valence-electron chi connectivity index (χ3n) is 9.82. The van der Waals surface area contributed by atoms with Gasteiger partial charge in [0.1, 0.15) is 0 Å². The molecule has 0 aliphatic carbocycles. The van der Waals surface area contributed by atoms with Gasteiger partial charge in [-0.2, -0.15) is 0 Å². The Kier molecular flexibility index (Phi) is 6.86. The second-order valence-electron chi connectivity index (χ2n) is 12.6. The van der Waals surface area contributed by atoms with Crippen molar-refractivity contribution in [2.75, 3.05) is 4.90 Å². The minimum Gasteiger partial charge on any atom is -0.310 e. The van der Waals surface area contributed by atoms with Crippen LogP contribution in [0.2, 0.25) is 0 Å². The lowest BCUT2D eigenvalue weighted by molar-refractivity contribution is 1.18. The molecule has 0 saturated carbocycles. The smallest absolute Gasteiger partial charge is 0.0634 e. The van der Waals surface area contributed by atoms with Gasteiger partial charge in [-0.15, -0.1) is 11.3 Å². The highest BCUT2D eigenvalue weighted by molar-refractivity contribution is 9.10. The van der Waals surface area contributed by atoms with Crippen LogP contribution in [0.4, 0.5) is 17.1 Å². The van der Waals surface area contributed by atoms with Crippen LogP contribution in [0.3, 0.4) is 0 Å². The number of hydrogen-bond donors (Lipinski definition) is 0.